The highest BCUT2D eigenvalue weighted by atomic mass is 16.5. The summed E-state index contributed by atoms with van der Waals surface area (Å²) in [7, 11) is 0. The van der Waals surface area contributed by atoms with Crippen LogP contribution < -0.4 is 9.84 Å². The van der Waals surface area contributed by atoms with Crippen molar-refractivity contribution in [3.63, 3.8) is 0 Å². The van der Waals surface area contributed by atoms with E-state index < -0.39 is 5.97 Å². The van der Waals surface area contributed by atoms with Crippen LogP contribution in [0.1, 0.15) is 33.4 Å². The lowest BCUT2D eigenvalue weighted by Crippen LogP contribution is -2.24. The largest absolute Gasteiger partial charge is 0.550 e. The summed E-state index contributed by atoms with van der Waals surface area (Å²) in [5.74, 6) is -0.350. The molecule has 0 radical (unpaired) electrons. The molecule has 0 saturated carbocycles. The molecule has 5 heteroatoms. The molecular weight excluding hydrogens is 400 g/mol. The molecule has 0 spiro atoms. The van der Waals surface area contributed by atoms with Crippen molar-refractivity contribution in [2.45, 2.75) is 33.4 Å². The summed E-state index contributed by atoms with van der Waals surface area (Å²) in [6.07, 6.45) is 3.91. The molecule has 1 aliphatic heterocycles. The Morgan fingerprint density at radius 3 is 2.75 bits per heavy atom. The molecule has 1 aliphatic rings. The number of imidazole rings is 1. The summed E-state index contributed by atoms with van der Waals surface area (Å²) in [6, 6.07) is 18.0. The zero-order valence-electron chi connectivity index (χ0n) is 18.1. The van der Waals surface area contributed by atoms with Gasteiger partial charge in [-0.15, -0.1) is 0 Å². The number of benzene rings is 3. The van der Waals surface area contributed by atoms with Crippen molar-refractivity contribution < 1.29 is 14.6 Å². The Morgan fingerprint density at radius 2 is 1.91 bits per heavy atom. The first-order valence-electron chi connectivity index (χ1n) is 10.7. The van der Waals surface area contributed by atoms with E-state index >= 15 is 0 Å². The van der Waals surface area contributed by atoms with Crippen LogP contribution in [0.4, 0.5) is 0 Å². The molecule has 32 heavy (non-hydrogen) atoms. The fourth-order valence-electron chi connectivity index (χ4n) is 4.27. The molecule has 5 rings (SSSR count). The molecule has 0 N–H and O–H groups in total. The second-order valence-electron chi connectivity index (χ2n) is 8.27. The molecule has 0 bridgehead atoms. The van der Waals surface area contributed by atoms with Gasteiger partial charge in [-0.05, 0) is 71.5 Å². The Balaban J connectivity index is 1.63. The monoisotopic (exact) mass is 423 g/mol. The number of rotatable bonds is 4. The molecule has 0 amide bonds. The van der Waals surface area contributed by atoms with E-state index in [1.165, 1.54) is 11.1 Å². The minimum Gasteiger partial charge on any atom is -0.550 e. The topological polar surface area (TPSA) is 67.2 Å². The van der Waals surface area contributed by atoms with Gasteiger partial charge in [0.15, 0.2) is 0 Å². The van der Waals surface area contributed by atoms with Crippen molar-refractivity contribution in [1.82, 2.24) is 9.55 Å². The van der Waals surface area contributed by atoms with Gasteiger partial charge < -0.3 is 19.2 Å². The third-order valence-corrected chi connectivity index (χ3v) is 6.10. The highest BCUT2D eigenvalue weighted by molar-refractivity contribution is 5.86. The Hall–Kier alpha value is -3.86. The molecule has 4 aromatic rings. The van der Waals surface area contributed by atoms with Crippen LogP contribution in [0.3, 0.4) is 0 Å². The van der Waals surface area contributed by atoms with E-state index in [9.17, 15) is 9.90 Å². The van der Waals surface area contributed by atoms with Crippen molar-refractivity contribution >= 4 is 22.6 Å². The van der Waals surface area contributed by atoms with Crippen LogP contribution in [0.5, 0.6) is 5.75 Å². The van der Waals surface area contributed by atoms with E-state index in [2.05, 4.69) is 53.7 Å². The van der Waals surface area contributed by atoms with Crippen LogP contribution in [0.25, 0.3) is 16.6 Å². The summed E-state index contributed by atoms with van der Waals surface area (Å²) in [4.78, 5) is 15.7. The number of ether oxygens (including phenoxy) is 1. The van der Waals surface area contributed by atoms with Gasteiger partial charge in [-0.3, -0.25) is 0 Å². The first kappa shape index (κ1) is 20.1. The van der Waals surface area contributed by atoms with Gasteiger partial charge in [0.05, 0.1) is 17.4 Å². The molecule has 0 aliphatic carbocycles. The van der Waals surface area contributed by atoms with Crippen LogP contribution in [0.15, 0.2) is 67.0 Å². The number of carbonyl (C=O) groups is 1. The zero-order chi connectivity index (χ0) is 22.2. The Labute approximate surface area is 186 Å². The predicted octanol–water partition coefficient (Wildman–Crippen LogP) is 3.97. The van der Waals surface area contributed by atoms with Gasteiger partial charge in [0, 0.05) is 24.5 Å². The Morgan fingerprint density at radius 1 is 1.09 bits per heavy atom. The van der Waals surface area contributed by atoms with Gasteiger partial charge >= 0.3 is 0 Å². The minimum atomic E-state index is -1.10. The number of carbonyl (C=O) groups excluding carboxylic acids is 1. The highest BCUT2D eigenvalue weighted by Crippen LogP contribution is 2.37. The number of carboxylic acids is 1. The van der Waals surface area contributed by atoms with Gasteiger partial charge in [-0.2, -0.15) is 0 Å². The van der Waals surface area contributed by atoms with Gasteiger partial charge in [-0.25, -0.2) is 4.98 Å². The second-order valence-corrected chi connectivity index (χ2v) is 8.27. The summed E-state index contributed by atoms with van der Waals surface area (Å²) in [6.45, 7) is 5.30. The molecule has 0 unspecified atom stereocenters. The van der Waals surface area contributed by atoms with Crippen molar-refractivity contribution in [3.05, 3.63) is 100 Å². The summed E-state index contributed by atoms with van der Waals surface area (Å²) < 4.78 is 8.21. The number of aliphatic carboxylic acids is 1. The van der Waals surface area contributed by atoms with Gasteiger partial charge in [0.1, 0.15) is 12.4 Å². The van der Waals surface area contributed by atoms with E-state index in [-0.39, 0.29) is 6.42 Å². The number of hydrogen-bond acceptors (Lipinski definition) is 4. The summed E-state index contributed by atoms with van der Waals surface area (Å²) >= 11 is 0. The quantitative estimate of drug-likeness (QED) is 0.498. The molecule has 0 atom stereocenters. The Bertz CT molecular complexity index is 1380. The van der Waals surface area contributed by atoms with Crippen molar-refractivity contribution in [1.29, 1.82) is 0 Å². The Kier molecular flexibility index (Phi) is 5.02. The van der Waals surface area contributed by atoms with Gasteiger partial charge in [0.25, 0.3) is 0 Å². The van der Waals surface area contributed by atoms with E-state index in [4.69, 9.17) is 4.74 Å². The lowest BCUT2D eigenvalue weighted by atomic mass is 9.92. The normalized spacial score (nSPS) is 14.0. The number of hydrogen-bond donors (Lipinski definition) is 0. The maximum Gasteiger partial charge on any atom is 0.127 e. The van der Waals surface area contributed by atoms with E-state index in [1.54, 1.807) is 6.07 Å². The van der Waals surface area contributed by atoms with Gasteiger partial charge in [0.2, 0.25) is 0 Å². The zero-order valence-corrected chi connectivity index (χ0v) is 18.1. The smallest absolute Gasteiger partial charge is 0.127 e. The molecule has 1 aromatic heterocycles. The van der Waals surface area contributed by atoms with Crippen LogP contribution in [-0.4, -0.2) is 15.5 Å². The fourth-order valence-corrected chi connectivity index (χ4v) is 4.27. The van der Waals surface area contributed by atoms with Crippen molar-refractivity contribution in [2.24, 2.45) is 0 Å². The number of carboxylic acid groups (broad SMARTS) is 1. The standard InChI is InChI=1S/C27H24N2O3/c1-17-11-24-25(12-18(17)2)29(16-28-24)10-9-22-21-6-4-3-5-20(21)15-32-26-8-7-19(13-23(22)26)14-27(30)31/h3-9,11-13,16H,10,14-15H2,1-2H3,(H,30,31)/p-1/b22-9+. The maximum atomic E-state index is 11.2. The molecule has 160 valence electrons. The van der Waals surface area contributed by atoms with Crippen LogP contribution in [0.2, 0.25) is 0 Å². The van der Waals surface area contributed by atoms with Crippen molar-refractivity contribution in [2.75, 3.05) is 0 Å². The molecule has 0 fully saturated rings. The van der Waals surface area contributed by atoms with Gasteiger partial charge in [-0.1, -0.05) is 36.4 Å². The van der Waals surface area contributed by atoms with Crippen molar-refractivity contribution in [3.8, 4) is 5.75 Å². The molecule has 2 heterocycles. The molecular formula is C27H23N2O3-. The lowest BCUT2D eigenvalue weighted by molar-refractivity contribution is -0.304. The molecule has 0 saturated heterocycles. The second kappa shape index (κ2) is 8.00. The number of fused-ring (bicyclic) bond motifs is 3. The first-order valence-corrected chi connectivity index (χ1v) is 10.7. The van der Waals surface area contributed by atoms with Crippen LogP contribution in [0, 0.1) is 13.8 Å². The first-order chi connectivity index (χ1) is 15.5. The van der Waals surface area contributed by atoms with E-state index in [0.717, 1.165) is 39.0 Å². The van der Waals surface area contributed by atoms with E-state index in [1.807, 2.05) is 30.6 Å². The number of allylic oxidation sites excluding steroid dienone is 1. The predicted molar refractivity (Wildman–Crippen MR) is 122 cm³/mol. The number of aromatic nitrogens is 2. The third kappa shape index (κ3) is 3.66. The van der Waals surface area contributed by atoms with E-state index in [0.29, 0.717) is 18.7 Å². The molecule has 5 nitrogen and oxygen atoms in total. The SMILES string of the molecule is Cc1cc2ncn(C/C=C3\c4ccccc4COc4ccc(CC(=O)[O-])cc43)c2cc1C. The summed E-state index contributed by atoms with van der Waals surface area (Å²) in [5.41, 5.74) is 9.33. The highest BCUT2D eigenvalue weighted by Gasteiger charge is 2.19. The van der Waals surface area contributed by atoms with Crippen LogP contribution in [-0.2, 0) is 24.4 Å². The average molecular weight is 423 g/mol. The fraction of sp³-hybridized carbons (Fsp3) is 0.185. The number of nitrogens with zero attached hydrogens (tertiary/aromatic N) is 2. The minimum absolute atomic E-state index is 0.132. The summed E-state index contributed by atoms with van der Waals surface area (Å²) in [5, 5.41) is 11.2. The average Bonchev–Trinajstić information content (AvgIpc) is 3.07. The van der Waals surface area contributed by atoms with Crippen LogP contribution >= 0.6 is 0 Å². The molecule has 3 aromatic carbocycles. The maximum absolute atomic E-state index is 11.2. The number of aryl methyl sites for hydroxylation is 2. The lowest BCUT2D eigenvalue weighted by Gasteiger charge is -2.13. The third-order valence-electron chi connectivity index (χ3n) is 6.10.